The Bertz CT molecular complexity index is 864. The molecule has 1 aromatic heterocycles. The molecule has 134 valence electrons. The number of rotatable bonds is 5. The molecule has 6 heteroatoms. The van der Waals surface area contributed by atoms with Crippen LogP contribution in [0.1, 0.15) is 35.6 Å². The number of H-pyrrole nitrogens is 1. The summed E-state index contributed by atoms with van der Waals surface area (Å²) in [6, 6.07) is 6.38. The van der Waals surface area contributed by atoms with Gasteiger partial charge in [-0.1, -0.05) is 25.1 Å². The number of aryl methyl sites for hydroxylation is 2. The Morgan fingerprint density at radius 1 is 1.20 bits per heavy atom. The average Bonchev–Trinajstić information content (AvgIpc) is 2.57. The fraction of sp³-hybridized carbons (Fsp3) is 0.474. The molecule has 2 heterocycles. The van der Waals surface area contributed by atoms with E-state index in [2.05, 4.69) is 54.2 Å². The molecule has 0 saturated heterocycles. The summed E-state index contributed by atoms with van der Waals surface area (Å²) in [5.41, 5.74) is 4.66. The van der Waals surface area contributed by atoms with Crippen molar-refractivity contribution in [3.63, 3.8) is 0 Å². The molecular formula is C19H26N4OS. The summed E-state index contributed by atoms with van der Waals surface area (Å²) in [7, 11) is 0. The number of nitrogens with zero attached hydrogens (tertiary/aromatic N) is 2. The molecule has 2 N–H and O–H groups in total. The number of fused-ring (bicyclic) bond motifs is 1. The van der Waals surface area contributed by atoms with Crippen LogP contribution < -0.4 is 10.9 Å². The zero-order valence-electron chi connectivity index (χ0n) is 15.2. The van der Waals surface area contributed by atoms with Crippen molar-refractivity contribution in [3.8, 4) is 0 Å². The van der Waals surface area contributed by atoms with E-state index in [9.17, 15) is 4.79 Å². The summed E-state index contributed by atoms with van der Waals surface area (Å²) < 4.78 is 2.53. The van der Waals surface area contributed by atoms with E-state index in [1.54, 1.807) is 0 Å². The van der Waals surface area contributed by atoms with Crippen LogP contribution in [0.15, 0.2) is 23.0 Å². The Labute approximate surface area is 153 Å². The summed E-state index contributed by atoms with van der Waals surface area (Å²) in [5, 5.41) is 3.42. The van der Waals surface area contributed by atoms with Crippen LogP contribution in [0.3, 0.4) is 0 Å². The van der Waals surface area contributed by atoms with Crippen molar-refractivity contribution in [2.45, 2.75) is 46.7 Å². The number of aromatic nitrogens is 2. The first kappa shape index (κ1) is 17.9. The lowest BCUT2D eigenvalue weighted by atomic mass is 10.00. The van der Waals surface area contributed by atoms with Crippen molar-refractivity contribution >= 4 is 18.0 Å². The van der Waals surface area contributed by atoms with Crippen LogP contribution >= 0.6 is 12.2 Å². The minimum Gasteiger partial charge on any atom is -0.358 e. The van der Waals surface area contributed by atoms with Crippen LogP contribution in [-0.4, -0.2) is 27.7 Å². The molecule has 0 saturated carbocycles. The van der Waals surface area contributed by atoms with Gasteiger partial charge < -0.3 is 9.88 Å². The maximum atomic E-state index is 12.4. The second-order valence-corrected chi connectivity index (χ2v) is 7.13. The zero-order chi connectivity index (χ0) is 18.0. The van der Waals surface area contributed by atoms with E-state index in [0.29, 0.717) is 11.3 Å². The van der Waals surface area contributed by atoms with Gasteiger partial charge >= 0.3 is 0 Å². The highest BCUT2D eigenvalue weighted by Gasteiger charge is 2.21. The maximum Gasteiger partial charge on any atom is 0.258 e. The Morgan fingerprint density at radius 3 is 2.60 bits per heavy atom. The molecule has 0 aliphatic carbocycles. The largest absolute Gasteiger partial charge is 0.358 e. The lowest BCUT2D eigenvalue weighted by molar-refractivity contribution is 0.272. The molecule has 5 nitrogen and oxygen atoms in total. The standard InChI is InChI=1S/C19H26N4OS/c1-4-9-22-11-16-17(20-12-22)23(19(25)21-18(16)24)10-8-15-13(2)6-5-7-14(15)3/h5-7,20H,4,8-12H2,1-3H3,(H,21,24,25). The lowest BCUT2D eigenvalue weighted by Crippen LogP contribution is -2.39. The predicted molar refractivity (Wildman–Crippen MR) is 105 cm³/mol. The summed E-state index contributed by atoms with van der Waals surface area (Å²) in [6.07, 6.45) is 1.96. The molecule has 25 heavy (non-hydrogen) atoms. The third-order valence-corrected chi connectivity index (χ3v) is 5.24. The summed E-state index contributed by atoms with van der Waals surface area (Å²) in [5.74, 6) is 0.882. The molecule has 0 atom stereocenters. The highest BCUT2D eigenvalue weighted by molar-refractivity contribution is 7.71. The number of benzene rings is 1. The van der Waals surface area contributed by atoms with Crippen molar-refractivity contribution in [1.29, 1.82) is 0 Å². The van der Waals surface area contributed by atoms with Gasteiger partial charge in [-0.15, -0.1) is 0 Å². The maximum absolute atomic E-state index is 12.4. The third-order valence-electron chi connectivity index (χ3n) is 4.92. The minimum atomic E-state index is -0.0726. The minimum absolute atomic E-state index is 0.0726. The number of hydrogen-bond acceptors (Lipinski definition) is 4. The Hall–Kier alpha value is -1.92. The quantitative estimate of drug-likeness (QED) is 0.805. The number of anilines is 1. The topological polar surface area (TPSA) is 53.1 Å². The van der Waals surface area contributed by atoms with Crippen LogP contribution in [0.5, 0.6) is 0 Å². The van der Waals surface area contributed by atoms with Crippen LogP contribution in [0, 0.1) is 18.6 Å². The van der Waals surface area contributed by atoms with Crippen LogP contribution in [-0.2, 0) is 19.5 Å². The van der Waals surface area contributed by atoms with Gasteiger partial charge in [-0.2, -0.15) is 0 Å². The van der Waals surface area contributed by atoms with Crippen LogP contribution in [0.4, 0.5) is 5.82 Å². The van der Waals surface area contributed by atoms with Gasteiger partial charge in [0.25, 0.3) is 5.56 Å². The third kappa shape index (κ3) is 3.70. The second-order valence-electron chi connectivity index (χ2n) is 6.75. The first-order valence-corrected chi connectivity index (χ1v) is 9.29. The normalized spacial score (nSPS) is 14.2. The first-order chi connectivity index (χ1) is 12.0. The van der Waals surface area contributed by atoms with E-state index in [0.717, 1.165) is 44.0 Å². The van der Waals surface area contributed by atoms with Crippen LogP contribution in [0.25, 0.3) is 0 Å². The number of hydrogen-bond donors (Lipinski definition) is 2. The van der Waals surface area contributed by atoms with E-state index in [4.69, 9.17) is 12.2 Å². The molecule has 1 aromatic carbocycles. The molecular weight excluding hydrogens is 332 g/mol. The van der Waals surface area contributed by atoms with E-state index in [1.807, 2.05) is 4.57 Å². The van der Waals surface area contributed by atoms with Gasteiger partial charge in [-0.25, -0.2) is 0 Å². The summed E-state index contributed by atoms with van der Waals surface area (Å²) in [6.45, 7) is 9.59. The Balaban J connectivity index is 1.91. The zero-order valence-corrected chi connectivity index (χ0v) is 16.0. The fourth-order valence-corrected chi connectivity index (χ4v) is 3.86. The molecule has 1 aliphatic rings. The Morgan fingerprint density at radius 2 is 1.92 bits per heavy atom. The second kappa shape index (κ2) is 7.54. The highest BCUT2D eigenvalue weighted by atomic mass is 32.1. The fourth-order valence-electron chi connectivity index (χ4n) is 3.58. The van der Waals surface area contributed by atoms with Gasteiger partial charge in [-0.05, 0) is 62.1 Å². The summed E-state index contributed by atoms with van der Waals surface area (Å²) >= 11 is 5.44. The molecule has 1 aliphatic heterocycles. The van der Waals surface area contributed by atoms with Gasteiger partial charge in [0.1, 0.15) is 5.82 Å². The van der Waals surface area contributed by atoms with E-state index in [1.165, 1.54) is 16.7 Å². The predicted octanol–water partition coefficient (Wildman–Crippen LogP) is 3.36. The SMILES string of the molecule is CCCN1CNc2c(c(=O)[nH]c(=S)n2CCc2c(C)cccc2C)C1. The monoisotopic (exact) mass is 358 g/mol. The van der Waals surface area contributed by atoms with Gasteiger partial charge in [0.15, 0.2) is 4.77 Å². The van der Waals surface area contributed by atoms with Crippen molar-refractivity contribution in [2.75, 3.05) is 18.5 Å². The Kier molecular flexibility index (Phi) is 5.39. The van der Waals surface area contributed by atoms with Gasteiger partial charge in [0.05, 0.1) is 12.2 Å². The molecule has 3 rings (SSSR count). The molecule has 0 unspecified atom stereocenters. The van der Waals surface area contributed by atoms with Crippen molar-refractivity contribution in [2.24, 2.45) is 0 Å². The van der Waals surface area contributed by atoms with Gasteiger partial charge in [-0.3, -0.25) is 14.7 Å². The van der Waals surface area contributed by atoms with E-state index >= 15 is 0 Å². The van der Waals surface area contributed by atoms with Crippen molar-refractivity contribution in [3.05, 3.63) is 55.6 Å². The molecule has 0 radical (unpaired) electrons. The molecule has 0 spiro atoms. The molecule has 0 bridgehead atoms. The highest BCUT2D eigenvalue weighted by Crippen LogP contribution is 2.21. The van der Waals surface area contributed by atoms with Crippen LogP contribution in [0.2, 0.25) is 0 Å². The molecule has 2 aromatic rings. The molecule has 0 fully saturated rings. The molecule has 0 amide bonds. The average molecular weight is 359 g/mol. The lowest BCUT2D eigenvalue weighted by Gasteiger charge is -2.31. The number of aromatic amines is 1. The first-order valence-electron chi connectivity index (χ1n) is 8.88. The number of nitrogens with one attached hydrogen (secondary N) is 2. The van der Waals surface area contributed by atoms with Gasteiger partial charge in [0.2, 0.25) is 0 Å². The smallest absolute Gasteiger partial charge is 0.258 e. The van der Waals surface area contributed by atoms with Gasteiger partial charge in [0, 0.05) is 13.1 Å². The van der Waals surface area contributed by atoms with Crippen molar-refractivity contribution in [1.82, 2.24) is 14.5 Å². The van der Waals surface area contributed by atoms with E-state index in [-0.39, 0.29) is 5.56 Å². The summed E-state index contributed by atoms with van der Waals surface area (Å²) in [4.78, 5) is 17.5. The van der Waals surface area contributed by atoms with Crippen molar-refractivity contribution < 1.29 is 0 Å². The van der Waals surface area contributed by atoms with E-state index < -0.39 is 0 Å².